The van der Waals surface area contributed by atoms with Crippen molar-refractivity contribution in [1.82, 2.24) is 9.97 Å². The van der Waals surface area contributed by atoms with E-state index in [-0.39, 0.29) is 5.41 Å². The maximum Gasteiger partial charge on any atom is 0.160 e. The van der Waals surface area contributed by atoms with Gasteiger partial charge in [-0.2, -0.15) is 0 Å². The molecule has 2 aromatic heterocycles. The number of benzene rings is 9. The lowest BCUT2D eigenvalue weighted by molar-refractivity contribution is 0.669. The number of fused-ring (bicyclic) bond motifs is 7. The number of hydrogen-bond acceptors (Lipinski definition) is 3. The lowest BCUT2D eigenvalue weighted by atomic mass is 9.74. The van der Waals surface area contributed by atoms with Crippen LogP contribution in [0.25, 0.3) is 100.0 Å². The predicted molar refractivity (Wildman–Crippen MR) is 251 cm³/mol. The summed E-state index contributed by atoms with van der Waals surface area (Å²) in [6.45, 7) is 2.36. The third-order valence-corrected chi connectivity index (χ3v) is 12.8. The largest absolute Gasteiger partial charge is 0.456 e. The van der Waals surface area contributed by atoms with Crippen LogP contribution < -0.4 is 0 Å². The van der Waals surface area contributed by atoms with Crippen LogP contribution in [0, 0.1) is 0 Å². The highest BCUT2D eigenvalue weighted by Gasteiger charge is 2.40. The molecule has 1 unspecified atom stereocenters. The summed E-state index contributed by atoms with van der Waals surface area (Å²) in [5.41, 5.74) is 17.6. The summed E-state index contributed by atoms with van der Waals surface area (Å²) in [5.74, 6) is 0.707. The monoisotopic (exact) mass is 778 g/mol. The van der Waals surface area contributed by atoms with Crippen LogP contribution in [0.1, 0.15) is 23.6 Å². The van der Waals surface area contributed by atoms with E-state index in [1.807, 2.05) is 30.3 Å². The van der Waals surface area contributed by atoms with Gasteiger partial charge in [0.15, 0.2) is 5.82 Å². The van der Waals surface area contributed by atoms with Crippen molar-refractivity contribution in [3.63, 3.8) is 0 Å². The Morgan fingerprint density at radius 1 is 0.361 bits per heavy atom. The molecule has 11 aromatic rings. The van der Waals surface area contributed by atoms with E-state index in [4.69, 9.17) is 14.4 Å². The average Bonchev–Trinajstić information content (AvgIpc) is 3.84. The van der Waals surface area contributed by atoms with Gasteiger partial charge in [0.25, 0.3) is 0 Å². The van der Waals surface area contributed by atoms with E-state index in [0.29, 0.717) is 5.82 Å². The molecule has 2 heterocycles. The fraction of sp³-hybridized carbons (Fsp3) is 0.0345. The third kappa shape index (κ3) is 5.81. The summed E-state index contributed by atoms with van der Waals surface area (Å²) >= 11 is 0. The van der Waals surface area contributed by atoms with Crippen LogP contribution in [0.3, 0.4) is 0 Å². The highest BCUT2D eigenvalue weighted by molar-refractivity contribution is 6.06. The molecule has 3 nitrogen and oxygen atoms in total. The third-order valence-electron chi connectivity index (χ3n) is 12.8. The highest BCUT2D eigenvalue weighted by atomic mass is 16.3. The zero-order valence-corrected chi connectivity index (χ0v) is 33.5. The minimum Gasteiger partial charge on any atom is -0.456 e. The van der Waals surface area contributed by atoms with E-state index < -0.39 is 0 Å². The quantitative estimate of drug-likeness (QED) is 0.169. The fourth-order valence-corrected chi connectivity index (χ4v) is 9.54. The molecule has 3 heteroatoms. The second-order valence-corrected chi connectivity index (χ2v) is 16.3. The molecule has 0 saturated carbocycles. The van der Waals surface area contributed by atoms with Gasteiger partial charge in [-0.15, -0.1) is 0 Å². The van der Waals surface area contributed by atoms with Gasteiger partial charge in [0.2, 0.25) is 0 Å². The molecule has 0 amide bonds. The van der Waals surface area contributed by atoms with Crippen molar-refractivity contribution in [3.05, 3.63) is 229 Å². The Balaban J connectivity index is 0.892. The Bertz CT molecular complexity index is 3480. The Morgan fingerprint density at radius 3 is 1.70 bits per heavy atom. The van der Waals surface area contributed by atoms with E-state index in [0.717, 1.165) is 55.6 Å². The minimum atomic E-state index is -0.298. The number of furan rings is 1. The van der Waals surface area contributed by atoms with Gasteiger partial charge in [0, 0.05) is 32.9 Å². The molecule has 286 valence electrons. The molecule has 61 heavy (non-hydrogen) atoms. The van der Waals surface area contributed by atoms with Crippen LogP contribution in [0.2, 0.25) is 0 Å². The van der Waals surface area contributed by atoms with Crippen molar-refractivity contribution in [2.75, 3.05) is 0 Å². The van der Waals surface area contributed by atoms with Crippen molar-refractivity contribution in [2.45, 2.75) is 12.3 Å². The molecule has 0 bridgehead atoms. The molecule has 1 atom stereocenters. The van der Waals surface area contributed by atoms with Crippen molar-refractivity contribution >= 4 is 32.7 Å². The zero-order chi connectivity index (χ0) is 40.5. The molecule has 0 spiro atoms. The van der Waals surface area contributed by atoms with E-state index in [1.165, 1.54) is 55.3 Å². The van der Waals surface area contributed by atoms with E-state index in [9.17, 15) is 0 Å². The molecule has 0 radical (unpaired) electrons. The molecular formula is C58H38N2O. The van der Waals surface area contributed by atoms with E-state index >= 15 is 0 Å². The van der Waals surface area contributed by atoms with Crippen molar-refractivity contribution < 1.29 is 4.42 Å². The summed E-state index contributed by atoms with van der Waals surface area (Å²) in [7, 11) is 0. The Hall–Kier alpha value is -7.88. The smallest absolute Gasteiger partial charge is 0.160 e. The van der Waals surface area contributed by atoms with Crippen molar-refractivity contribution in [1.29, 1.82) is 0 Å². The molecular weight excluding hydrogens is 741 g/mol. The van der Waals surface area contributed by atoms with Gasteiger partial charge >= 0.3 is 0 Å². The van der Waals surface area contributed by atoms with E-state index in [2.05, 4.69) is 189 Å². The van der Waals surface area contributed by atoms with Crippen LogP contribution in [-0.4, -0.2) is 9.97 Å². The number of para-hydroxylation sites is 1. The predicted octanol–water partition coefficient (Wildman–Crippen LogP) is 15.2. The lowest BCUT2D eigenvalue weighted by Crippen LogP contribution is -2.22. The van der Waals surface area contributed by atoms with Gasteiger partial charge in [-0.05, 0) is 110 Å². The van der Waals surface area contributed by atoms with Gasteiger partial charge in [-0.25, -0.2) is 9.97 Å². The highest BCUT2D eigenvalue weighted by Crippen LogP contribution is 2.53. The first-order valence-electron chi connectivity index (χ1n) is 20.9. The Kier molecular flexibility index (Phi) is 7.98. The van der Waals surface area contributed by atoms with Crippen LogP contribution in [0.4, 0.5) is 0 Å². The topological polar surface area (TPSA) is 38.9 Å². The molecule has 0 N–H and O–H groups in total. The number of nitrogens with zero attached hydrogens (tertiary/aromatic N) is 2. The molecule has 9 aromatic carbocycles. The molecule has 1 aliphatic carbocycles. The molecule has 12 rings (SSSR count). The van der Waals surface area contributed by atoms with Gasteiger partial charge in [-0.3, -0.25) is 0 Å². The Morgan fingerprint density at radius 2 is 0.918 bits per heavy atom. The second-order valence-electron chi connectivity index (χ2n) is 16.3. The first kappa shape index (κ1) is 35.1. The lowest BCUT2D eigenvalue weighted by Gasteiger charge is -2.28. The average molecular weight is 779 g/mol. The second kappa shape index (κ2) is 13.9. The number of aromatic nitrogens is 2. The standard InChI is InChI=1S/C58H38N2O/c1-58(46-14-6-3-7-15-46)51-18-10-8-16-47(51)48-30-28-45(35-52(48)58)54-36-53(59-57(60-54)39-12-4-2-5-13-39)38-22-20-37(21-23-38)40-24-25-42-33-43(27-26-41(42)32-40)44-29-31-56-50(34-44)49-17-9-11-19-55(49)61-56/h2-36H,1H3. The minimum absolute atomic E-state index is 0.298. The van der Waals surface area contributed by atoms with Crippen molar-refractivity contribution in [3.8, 4) is 67.3 Å². The summed E-state index contributed by atoms with van der Waals surface area (Å²) in [6.07, 6.45) is 0. The normalized spacial score (nSPS) is 14.4. The summed E-state index contributed by atoms with van der Waals surface area (Å²) < 4.78 is 6.08. The molecule has 0 saturated heterocycles. The van der Waals surface area contributed by atoms with Gasteiger partial charge in [0.05, 0.1) is 11.4 Å². The van der Waals surface area contributed by atoms with E-state index in [1.54, 1.807) is 0 Å². The maximum absolute atomic E-state index is 6.08. The number of rotatable bonds is 6. The molecule has 1 aliphatic rings. The summed E-state index contributed by atoms with van der Waals surface area (Å²) in [5, 5.41) is 4.69. The molecule has 0 fully saturated rings. The number of hydrogen-bond donors (Lipinski definition) is 0. The molecule has 0 aliphatic heterocycles. The zero-order valence-electron chi connectivity index (χ0n) is 33.5. The van der Waals surface area contributed by atoms with Gasteiger partial charge in [-0.1, -0.05) is 170 Å². The van der Waals surface area contributed by atoms with Crippen molar-refractivity contribution in [2.24, 2.45) is 0 Å². The summed E-state index contributed by atoms with van der Waals surface area (Å²) in [4.78, 5) is 10.4. The van der Waals surface area contributed by atoms with Crippen LogP contribution in [0.5, 0.6) is 0 Å². The first-order chi connectivity index (χ1) is 30.1. The van der Waals surface area contributed by atoms with Crippen LogP contribution in [-0.2, 0) is 5.41 Å². The first-order valence-corrected chi connectivity index (χ1v) is 20.9. The Labute approximate surface area is 354 Å². The SMILES string of the molecule is CC1(c2ccccc2)c2ccccc2-c2ccc(-c3cc(-c4ccc(-c5ccc6cc(-c7ccc8oc9ccccc9c8c7)ccc6c5)cc4)nc(-c4ccccc4)n3)cc21. The summed E-state index contributed by atoms with van der Waals surface area (Å²) in [6, 6.07) is 76.0. The van der Waals surface area contributed by atoms with Gasteiger partial charge in [0.1, 0.15) is 11.2 Å². The van der Waals surface area contributed by atoms with Crippen LogP contribution in [0.15, 0.2) is 217 Å². The van der Waals surface area contributed by atoms with Crippen LogP contribution >= 0.6 is 0 Å². The van der Waals surface area contributed by atoms with Gasteiger partial charge < -0.3 is 4.42 Å². The maximum atomic E-state index is 6.08. The fourth-order valence-electron chi connectivity index (χ4n) is 9.54.